The van der Waals surface area contributed by atoms with Crippen LogP contribution >= 0.6 is 28.1 Å². The molecule has 3 rings (SSSR count). The van der Waals surface area contributed by atoms with E-state index >= 15 is 0 Å². The van der Waals surface area contributed by atoms with Gasteiger partial charge in [0.2, 0.25) is 0 Å². The smallest absolute Gasteiger partial charge is 0.257 e. The monoisotopic (exact) mass is 470 g/mol. The molecule has 0 spiro atoms. The van der Waals surface area contributed by atoms with Crippen LogP contribution in [0, 0.1) is 0 Å². The number of hydrogen-bond acceptors (Lipinski definition) is 4. The lowest BCUT2D eigenvalue weighted by atomic mass is 10.2. The van der Waals surface area contributed by atoms with Crippen LogP contribution in [0.1, 0.15) is 10.4 Å². The quantitative estimate of drug-likeness (QED) is 0.374. The van der Waals surface area contributed by atoms with Crippen molar-refractivity contribution in [1.29, 1.82) is 0 Å². The Morgan fingerprint density at radius 3 is 2.28 bits per heavy atom. The summed E-state index contributed by atoms with van der Waals surface area (Å²) >= 11 is 8.61. The van der Waals surface area contributed by atoms with E-state index in [1.165, 1.54) is 0 Å². The van der Waals surface area contributed by atoms with Crippen LogP contribution in [-0.2, 0) is 0 Å². The molecule has 148 valence electrons. The van der Waals surface area contributed by atoms with Crippen LogP contribution in [0.25, 0.3) is 0 Å². The molecule has 0 heterocycles. The van der Waals surface area contributed by atoms with Gasteiger partial charge in [0.05, 0.1) is 5.69 Å². The molecule has 3 aromatic rings. The number of carbonyl (C=O) groups excluding carboxylic acids is 1. The summed E-state index contributed by atoms with van der Waals surface area (Å²) in [4.78, 5) is 12.3. The summed E-state index contributed by atoms with van der Waals surface area (Å²) in [6, 6.07) is 23.9. The van der Waals surface area contributed by atoms with E-state index < -0.39 is 0 Å². The second-order valence-corrected chi connectivity index (χ2v) is 7.25. The number of thiocarbonyl (C=S) groups is 1. The van der Waals surface area contributed by atoms with Gasteiger partial charge in [0, 0.05) is 10.0 Å². The Hall–Kier alpha value is -2.90. The van der Waals surface area contributed by atoms with Crippen LogP contribution < -0.4 is 20.1 Å². The maximum absolute atomic E-state index is 12.3. The molecule has 0 fully saturated rings. The molecule has 0 radical (unpaired) electrons. The van der Waals surface area contributed by atoms with Crippen LogP contribution in [0.15, 0.2) is 83.3 Å². The summed E-state index contributed by atoms with van der Waals surface area (Å²) in [6.45, 7) is 0.773. The van der Waals surface area contributed by atoms with E-state index in [9.17, 15) is 4.79 Å². The van der Waals surface area contributed by atoms with Crippen LogP contribution in [0.4, 0.5) is 5.69 Å². The summed E-state index contributed by atoms with van der Waals surface area (Å²) in [7, 11) is 0. The van der Waals surface area contributed by atoms with Gasteiger partial charge in [0.1, 0.15) is 24.7 Å². The summed E-state index contributed by atoms with van der Waals surface area (Å²) < 4.78 is 12.3. The zero-order chi connectivity index (χ0) is 20.5. The minimum atomic E-state index is -0.287. The van der Waals surface area contributed by atoms with E-state index in [0.717, 1.165) is 10.2 Å². The number of nitrogens with one attached hydrogen (secondary N) is 2. The average Bonchev–Trinajstić information content (AvgIpc) is 2.73. The van der Waals surface area contributed by atoms with Gasteiger partial charge in [0.15, 0.2) is 5.11 Å². The number of carbonyl (C=O) groups is 1. The van der Waals surface area contributed by atoms with Gasteiger partial charge in [-0.1, -0.05) is 46.3 Å². The summed E-state index contributed by atoms with van der Waals surface area (Å²) in [5.41, 5.74) is 1.17. The third kappa shape index (κ3) is 6.58. The Kier molecular flexibility index (Phi) is 7.61. The maximum Gasteiger partial charge on any atom is 0.257 e. The largest absolute Gasteiger partial charge is 0.490 e. The molecule has 7 heteroatoms. The van der Waals surface area contributed by atoms with Crippen LogP contribution in [0.3, 0.4) is 0 Å². The lowest BCUT2D eigenvalue weighted by molar-refractivity contribution is 0.0977. The Morgan fingerprint density at radius 1 is 0.862 bits per heavy atom. The molecular weight excluding hydrogens is 452 g/mol. The first-order valence-electron chi connectivity index (χ1n) is 8.89. The first-order valence-corrected chi connectivity index (χ1v) is 10.1. The fourth-order valence-corrected chi connectivity index (χ4v) is 2.92. The zero-order valence-corrected chi connectivity index (χ0v) is 17.8. The Labute approximate surface area is 183 Å². The number of anilines is 1. The predicted octanol–water partition coefficient (Wildman–Crippen LogP) is 5.03. The molecule has 1 amide bonds. The zero-order valence-electron chi connectivity index (χ0n) is 15.4. The molecule has 0 aliphatic rings. The molecule has 0 atom stereocenters. The van der Waals surface area contributed by atoms with Crippen molar-refractivity contribution >= 4 is 44.9 Å². The van der Waals surface area contributed by atoms with Crippen LogP contribution in [0.2, 0.25) is 0 Å². The topological polar surface area (TPSA) is 59.6 Å². The predicted molar refractivity (Wildman–Crippen MR) is 122 cm³/mol. The van der Waals surface area contributed by atoms with Crippen molar-refractivity contribution in [3.63, 3.8) is 0 Å². The fraction of sp³-hybridized carbons (Fsp3) is 0.0909. The minimum Gasteiger partial charge on any atom is -0.490 e. The van der Waals surface area contributed by atoms with E-state index in [1.54, 1.807) is 24.3 Å². The number of halogens is 1. The van der Waals surface area contributed by atoms with Crippen molar-refractivity contribution in [1.82, 2.24) is 5.32 Å². The highest BCUT2D eigenvalue weighted by Crippen LogP contribution is 2.23. The summed E-state index contributed by atoms with van der Waals surface area (Å²) in [5.74, 6) is 1.12. The van der Waals surface area contributed by atoms with E-state index in [2.05, 4.69) is 26.6 Å². The lowest BCUT2D eigenvalue weighted by Crippen LogP contribution is -2.34. The molecule has 5 nitrogen and oxygen atoms in total. The Bertz CT molecular complexity index is 965. The average molecular weight is 471 g/mol. The number of hydrogen-bond donors (Lipinski definition) is 2. The number of para-hydroxylation sites is 3. The molecule has 3 aromatic carbocycles. The van der Waals surface area contributed by atoms with E-state index in [0.29, 0.717) is 30.2 Å². The molecule has 0 aromatic heterocycles. The van der Waals surface area contributed by atoms with Crippen LogP contribution in [-0.4, -0.2) is 24.2 Å². The fourth-order valence-electron chi connectivity index (χ4n) is 2.45. The van der Waals surface area contributed by atoms with Crippen molar-refractivity contribution in [3.05, 3.63) is 88.9 Å². The normalized spacial score (nSPS) is 10.1. The number of benzene rings is 3. The molecule has 2 N–H and O–H groups in total. The summed E-state index contributed by atoms with van der Waals surface area (Å²) in [6.07, 6.45) is 0. The van der Waals surface area contributed by atoms with Crippen molar-refractivity contribution in [3.8, 4) is 11.5 Å². The first-order chi connectivity index (χ1) is 14.1. The van der Waals surface area contributed by atoms with Gasteiger partial charge in [-0.05, 0) is 60.7 Å². The van der Waals surface area contributed by atoms with Crippen molar-refractivity contribution in [2.75, 3.05) is 18.5 Å². The van der Waals surface area contributed by atoms with E-state index in [4.69, 9.17) is 21.7 Å². The third-order valence-corrected chi connectivity index (χ3v) is 4.55. The molecule has 0 aliphatic heterocycles. The molecular formula is C22H19BrN2O3S. The van der Waals surface area contributed by atoms with Crippen molar-refractivity contribution < 1.29 is 14.3 Å². The van der Waals surface area contributed by atoms with Crippen molar-refractivity contribution in [2.45, 2.75) is 0 Å². The van der Waals surface area contributed by atoms with Gasteiger partial charge < -0.3 is 14.8 Å². The molecule has 0 aliphatic carbocycles. The maximum atomic E-state index is 12.3. The Balaban J connectivity index is 1.52. The van der Waals surface area contributed by atoms with E-state index in [-0.39, 0.29) is 11.0 Å². The number of rotatable bonds is 7. The Morgan fingerprint density at radius 2 is 1.52 bits per heavy atom. The molecule has 0 unspecified atom stereocenters. The second kappa shape index (κ2) is 10.6. The SMILES string of the molecule is O=C(NC(=S)Nc1ccccc1OCCOc1ccccc1)c1ccc(Br)cc1. The molecule has 0 saturated heterocycles. The third-order valence-electron chi connectivity index (χ3n) is 3.82. The van der Waals surface area contributed by atoms with Gasteiger partial charge in [-0.3, -0.25) is 10.1 Å². The van der Waals surface area contributed by atoms with E-state index in [1.807, 2.05) is 54.6 Å². The van der Waals surface area contributed by atoms with Gasteiger partial charge in [-0.25, -0.2) is 0 Å². The second-order valence-electron chi connectivity index (χ2n) is 5.92. The highest BCUT2D eigenvalue weighted by molar-refractivity contribution is 9.10. The minimum absolute atomic E-state index is 0.189. The van der Waals surface area contributed by atoms with Crippen molar-refractivity contribution in [2.24, 2.45) is 0 Å². The van der Waals surface area contributed by atoms with Gasteiger partial charge in [-0.2, -0.15) is 0 Å². The summed E-state index contributed by atoms with van der Waals surface area (Å²) in [5, 5.41) is 5.86. The first kappa shape index (κ1) is 20.8. The van der Waals surface area contributed by atoms with Gasteiger partial charge in [-0.15, -0.1) is 0 Å². The molecule has 29 heavy (non-hydrogen) atoms. The number of ether oxygens (including phenoxy) is 2. The molecule has 0 bridgehead atoms. The van der Waals surface area contributed by atoms with Gasteiger partial charge in [0.25, 0.3) is 5.91 Å². The highest BCUT2D eigenvalue weighted by Gasteiger charge is 2.10. The standard InChI is InChI=1S/C22H19BrN2O3S/c23-17-12-10-16(11-13-17)21(26)25-22(29)24-19-8-4-5-9-20(19)28-15-14-27-18-6-2-1-3-7-18/h1-13H,14-15H2,(H2,24,25,26,29). The van der Waals surface area contributed by atoms with Crippen LogP contribution in [0.5, 0.6) is 11.5 Å². The molecule has 0 saturated carbocycles. The highest BCUT2D eigenvalue weighted by atomic mass is 79.9. The van der Waals surface area contributed by atoms with Gasteiger partial charge >= 0.3 is 0 Å². The lowest BCUT2D eigenvalue weighted by Gasteiger charge is -2.14. The number of amides is 1.